The predicted molar refractivity (Wildman–Crippen MR) is 68.9 cm³/mol. The van der Waals surface area contributed by atoms with Gasteiger partial charge in [0.05, 0.1) is 0 Å². The summed E-state index contributed by atoms with van der Waals surface area (Å²) in [7, 11) is 0. The number of halogens is 1. The van der Waals surface area contributed by atoms with E-state index in [1.807, 2.05) is 25.3 Å². The Labute approximate surface area is 107 Å². The van der Waals surface area contributed by atoms with E-state index >= 15 is 0 Å². The molecular formula is C12H12BrN3O. The van der Waals surface area contributed by atoms with Gasteiger partial charge in [-0.05, 0) is 40.9 Å². The molecule has 0 aliphatic carbocycles. The van der Waals surface area contributed by atoms with Gasteiger partial charge >= 0.3 is 0 Å². The van der Waals surface area contributed by atoms with E-state index in [1.165, 1.54) is 6.20 Å². The van der Waals surface area contributed by atoms with Crippen molar-refractivity contribution in [2.24, 2.45) is 0 Å². The van der Waals surface area contributed by atoms with Crippen molar-refractivity contribution >= 4 is 15.9 Å². The van der Waals surface area contributed by atoms with Crippen molar-refractivity contribution in [3.8, 4) is 0 Å². The van der Waals surface area contributed by atoms with Gasteiger partial charge in [-0.1, -0.05) is 6.07 Å². The maximum absolute atomic E-state index is 11.9. The highest BCUT2D eigenvalue weighted by Gasteiger charge is 2.05. The zero-order chi connectivity index (χ0) is 12.3. The van der Waals surface area contributed by atoms with Crippen LogP contribution < -0.4 is 5.56 Å². The third-order valence-electron chi connectivity index (χ3n) is 2.55. The normalized spacial score (nSPS) is 10.5. The third kappa shape index (κ3) is 2.79. The number of pyridine rings is 1. The molecule has 0 saturated heterocycles. The number of hydrogen-bond donors (Lipinski definition) is 0. The van der Waals surface area contributed by atoms with Crippen LogP contribution in [0.3, 0.4) is 0 Å². The fourth-order valence-electron chi connectivity index (χ4n) is 1.60. The van der Waals surface area contributed by atoms with Gasteiger partial charge in [0, 0.05) is 25.1 Å². The summed E-state index contributed by atoms with van der Waals surface area (Å²) < 4.78 is 2.16. The van der Waals surface area contributed by atoms with Gasteiger partial charge in [0.1, 0.15) is 10.3 Å². The van der Waals surface area contributed by atoms with Crippen LogP contribution in [0.2, 0.25) is 0 Å². The summed E-state index contributed by atoms with van der Waals surface area (Å²) in [5, 5.41) is 0. The smallest absolute Gasteiger partial charge is 0.267 e. The molecular weight excluding hydrogens is 282 g/mol. The summed E-state index contributed by atoms with van der Waals surface area (Å²) in [5.41, 5.74) is 1.07. The fourth-order valence-corrected chi connectivity index (χ4v) is 1.92. The zero-order valence-electron chi connectivity index (χ0n) is 9.43. The Morgan fingerprint density at radius 3 is 2.94 bits per heavy atom. The van der Waals surface area contributed by atoms with Crippen LogP contribution in [-0.4, -0.2) is 14.5 Å². The minimum Gasteiger partial charge on any atom is -0.296 e. The number of rotatable bonds is 3. The van der Waals surface area contributed by atoms with E-state index in [0.717, 1.165) is 17.8 Å². The van der Waals surface area contributed by atoms with Crippen LogP contribution in [0.4, 0.5) is 0 Å². The molecule has 0 aliphatic rings. The maximum Gasteiger partial charge on any atom is 0.267 e. The highest BCUT2D eigenvalue weighted by molar-refractivity contribution is 9.10. The largest absolute Gasteiger partial charge is 0.296 e. The second-order valence-corrected chi connectivity index (χ2v) is 4.58. The van der Waals surface area contributed by atoms with Gasteiger partial charge < -0.3 is 0 Å². The van der Waals surface area contributed by atoms with Gasteiger partial charge in [0.25, 0.3) is 5.56 Å². The molecule has 88 valence electrons. The topological polar surface area (TPSA) is 47.8 Å². The lowest BCUT2D eigenvalue weighted by molar-refractivity contribution is 0.625. The maximum atomic E-state index is 11.9. The molecule has 0 amide bonds. The Hall–Kier alpha value is -1.49. The molecule has 0 aromatic carbocycles. The van der Waals surface area contributed by atoms with E-state index in [9.17, 15) is 4.79 Å². The average molecular weight is 294 g/mol. The summed E-state index contributed by atoms with van der Waals surface area (Å²) >= 11 is 3.20. The Morgan fingerprint density at radius 2 is 2.24 bits per heavy atom. The lowest BCUT2D eigenvalue weighted by atomic mass is 10.2. The van der Waals surface area contributed by atoms with Crippen LogP contribution in [0.25, 0.3) is 0 Å². The first-order valence-electron chi connectivity index (χ1n) is 5.29. The molecule has 0 N–H and O–H groups in total. The summed E-state index contributed by atoms with van der Waals surface area (Å²) in [4.78, 5) is 20.1. The third-order valence-corrected chi connectivity index (χ3v) is 3.10. The predicted octanol–water partition coefficient (Wildman–Crippen LogP) is 1.95. The first-order chi connectivity index (χ1) is 8.18. The van der Waals surface area contributed by atoms with Gasteiger partial charge in [-0.2, -0.15) is 0 Å². The van der Waals surface area contributed by atoms with Crippen LogP contribution in [0.1, 0.15) is 11.4 Å². The van der Waals surface area contributed by atoms with Gasteiger partial charge in [-0.3, -0.25) is 14.3 Å². The Morgan fingerprint density at radius 1 is 1.41 bits per heavy atom. The van der Waals surface area contributed by atoms with Gasteiger partial charge in [0.15, 0.2) is 0 Å². The van der Waals surface area contributed by atoms with Crippen LogP contribution >= 0.6 is 15.9 Å². The Balaban J connectivity index is 2.20. The van der Waals surface area contributed by atoms with E-state index in [0.29, 0.717) is 11.0 Å². The van der Waals surface area contributed by atoms with E-state index in [-0.39, 0.29) is 5.56 Å². The molecule has 0 fully saturated rings. The summed E-state index contributed by atoms with van der Waals surface area (Å²) in [6.07, 6.45) is 5.86. The van der Waals surface area contributed by atoms with E-state index < -0.39 is 0 Å². The average Bonchev–Trinajstić information content (AvgIpc) is 2.35. The van der Waals surface area contributed by atoms with Crippen molar-refractivity contribution in [1.82, 2.24) is 14.5 Å². The minimum absolute atomic E-state index is 0.0404. The molecule has 4 nitrogen and oxygen atoms in total. The first-order valence-corrected chi connectivity index (χ1v) is 6.08. The van der Waals surface area contributed by atoms with Crippen LogP contribution in [0.15, 0.2) is 40.0 Å². The van der Waals surface area contributed by atoms with Crippen LogP contribution in [-0.2, 0) is 13.0 Å². The monoisotopic (exact) mass is 293 g/mol. The lowest BCUT2D eigenvalue weighted by Crippen LogP contribution is -2.24. The first kappa shape index (κ1) is 12.0. The molecule has 0 atom stereocenters. The quantitative estimate of drug-likeness (QED) is 0.869. The highest BCUT2D eigenvalue weighted by atomic mass is 79.9. The number of aryl methyl sites for hydroxylation is 2. The highest BCUT2D eigenvalue weighted by Crippen LogP contribution is 2.04. The van der Waals surface area contributed by atoms with E-state index in [1.54, 1.807) is 10.8 Å². The molecule has 5 heteroatoms. The lowest BCUT2D eigenvalue weighted by Gasteiger charge is -2.08. The molecule has 0 bridgehead atoms. The fraction of sp³-hybridized carbons (Fsp3) is 0.250. The summed E-state index contributed by atoms with van der Waals surface area (Å²) in [6, 6.07) is 3.89. The van der Waals surface area contributed by atoms with Crippen molar-refractivity contribution in [1.29, 1.82) is 0 Å². The van der Waals surface area contributed by atoms with Gasteiger partial charge in [0.2, 0.25) is 0 Å². The molecule has 0 unspecified atom stereocenters. The van der Waals surface area contributed by atoms with Gasteiger partial charge in [-0.25, -0.2) is 4.98 Å². The summed E-state index contributed by atoms with van der Waals surface area (Å²) in [5.74, 6) is 0.724. The van der Waals surface area contributed by atoms with Crippen molar-refractivity contribution < 1.29 is 0 Å². The molecule has 0 saturated carbocycles. The van der Waals surface area contributed by atoms with Gasteiger partial charge in [-0.15, -0.1) is 0 Å². The van der Waals surface area contributed by atoms with E-state index in [2.05, 4.69) is 25.9 Å². The molecule has 0 radical (unpaired) electrons. The second-order valence-electron chi connectivity index (χ2n) is 3.72. The van der Waals surface area contributed by atoms with Crippen LogP contribution in [0.5, 0.6) is 0 Å². The SMILES string of the molecule is Cc1ncc(Br)c(=O)n1CCc1cccnc1. The van der Waals surface area contributed by atoms with Crippen molar-refractivity contribution in [3.05, 3.63) is 56.9 Å². The standard InChI is InChI=1S/C12H12BrN3O/c1-9-15-8-11(13)12(17)16(9)6-4-10-3-2-5-14-7-10/h2-3,5,7-8H,4,6H2,1H3. The van der Waals surface area contributed by atoms with E-state index in [4.69, 9.17) is 0 Å². The summed E-state index contributed by atoms with van der Waals surface area (Å²) in [6.45, 7) is 2.44. The van der Waals surface area contributed by atoms with Crippen LogP contribution in [0, 0.1) is 6.92 Å². The molecule has 2 aromatic rings. The molecule has 0 spiro atoms. The molecule has 17 heavy (non-hydrogen) atoms. The number of aromatic nitrogens is 3. The van der Waals surface area contributed by atoms with Crippen molar-refractivity contribution in [2.75, 3.05) is 0 Å². The molecule has 2 rings (SSSR count). The van der Waals surface area contributed by atoms with Crippen molar-refractivity contribution in [3.63, 3.8) is 0 Å². The minimum atomic E-state index is -0.0404. The van der Waals surface area contributed by atoms with Crippen molar-refractivity contribution in [2.45, 2.75) is 19.9 Å². The number of nitrogens with zero attached hydrogens (tertiary/aromatic N) is 3. The molecule has 2 heterocycles. The second kappa shape index (κ2) is 5.23. The molecule has 2 aromatic heterocycles. The number of hydrogen-bond acceptors (Lipinski definition) is 3. The Bertz CT molecular complexity index is 566. The zero-order valence-corrected chi connectivity index (χ0v) is 11.0. The Kier molecular flexibility index (Phi) is 3.68. The molecule has 0 aliphatic heterocycles.